The van der Waals surface area contributed by atoms with Crippen molar-refractivity contribution in [1.29, 1.82) is 0 Å². The lowest BCUT2D eigenvalue weighted by Crippen LogP contribution is -2.29. The number of esters is 1. The summed E-state index contributed by atoms with van der Waals surface area (Å²) >= 11 is 0. The molecule has 4 rings (SSSR count). The van der Waals surface area contributed by atoms with Crippen LogP contribution in [0, 0.1) is 11.3 Å². The van der Waals surface area contributed by atoms with E-state index in [0.717, 1.165) is 25.7 Å². The molecule has 2 fully saturated rings. The van der Waals surface area contributed by atoms with E-state index in [4.69, 9.17) is 4.74 Å². The second-order valence-corrected chi connectivity index (χ2v) is 7.50. The third-order valence-corrected chi connectivity index (χ3v) is 5.99. The fourth-order valence-corrected chi connectivity index (χ4v) is 4.68. The highest BCUT2D eigenvalue weighted by Crippen LogP contribution is 2.54. The number of carbonyl (C=O) groups is 1. The zero-order valence-electron chi connectivity index (χ0n) is 14.5. The maximum absolute atomic E-state index is 12.5. The minimum Gasteiger partial charge on any atom is -0.465 e. The monoisotopic (exact) mass is 332 g/mol. The third kappa shape index (κ3) is 2.90. The van der Waals surface area contributed by atoms with Gasteiger partial charge in [0.25, 0.3) is 0 Å². The van der Waals surface area contributed by atoms with Gasteiger partial charge in [-0.15, -0.1) is 0 Å². The summed E-state index contributed by atoms with van der Waals surface area (Å²) in [7, 11) is 0. The summed E-state index contributed by atoms with van der Waals surface area (Å²) in [4.78, 5) is 12.5. The Labute approximate surface area is 149 Å². The molecule has 2 nitrogen and oxygen atoms in total. The van der Waals surface area contributed by atoms with Crippen LogP contribution < -0.4 is 0 Å². The van der Waals surface area contributed by atoms with Crippen molar-refractivity contribution < 1.29 is 9.53 Å². The number of carbonyl (C=O) groups excluding carboxylic acids is 1. The average molecular weight is 332 g/mol. The molecule has 1 saturated carbocycles. The number of allylic oxidation sites excluding steroid dienone is 1. The summed E-state index contributed by atoms with van der Waals surface area (Å²) in [6.07, 6.45) is 3.55. The zero-order chi connectivity index (χ0) is 17.3. The van der Waals surface area contributed by atoms with Gasteiger partial charge in [0.05, 0.1) is 12.0 Å². The van der Waals surface area contributed by atoms with E-state index in [0.29, 0.717) is 18.4 Å². The van der Waals surface area contributed by atoms with Crippen LogP contribution in [-0.2, 0) is 9.53 Å². The van der Waals surface area contributed by atoms with E-state index >= 15 is 0 Å². The van der Waals surface area contributed by atoms with E-state index in [1.165, 1.54) is 16.7 Å². The van der Waals surface area contributed by atoms with Gasteiger partial charge in [0.15, 0.2) is 0 Å². The molecule has 2 aromatic rings. The standard InChI is InChI=1S/C23H24O2/c1-17-14-20-16-25-22(24)23(20,15-17)13-12-21(18-8-4-2-5-9-18)19-10-6-3-7-11-19/h2-11,20-21H,1,12-16H2. The Bertz CT molecular complexity index is 726. The van der Waals surface area contributed by atoms with Gasteiger partial charge in [0.1, 0.15) is 0 Å². The lowest BCUT2D eigenvalue weighted by Gasteiger charge is -2.27. The van der Waals surface area contributed by atoms with Crippen LogP contribution >= 0.6 is 0 Å². The lowest BCUT2D eigenvalue weighted by atomic mass is 9.73. The lowest BCUT2D eigenvalue weighted by molar-refractivity contribution is -0.146. The number of cyclic esters (lactones) is 1. The molecule has 2 unspecified atom stereocenters. The highest BCUT2D eigenvalue weighted by molar-refractivity contribution is 5.80. The van der Waals surface area contributed by atoms with Gasteiger partial charge in [-0.2, -0.15) is 0 Å². The van der Waals surface area contributed by atoms with Gasteiger partial charge in [-0.25, -0.2) is 0 Å². The van der Waals surface area contributed by atoms with Crippen molar-refractivity contribution in [1.82, 2.24) is 0 Å². The molecule has 0 N–H and O–H groups in total. The summed E-state index contributed by atoms with van der Waals surface area (Å²) < 4.78 is 5.44. The van der Waals surface area contributed by atoms with Gasteiger partial charge < -0.3 is 4.74 Å². The SMILES string of the molecule is C=C1CC2COC(=O)C2(CCC(c2ccccc2)c2ccccc2)C1. The molecule has 1 heterocycles. The molecule has 0 radical (unpaired) electrons. The number of benzene rings is 2. The molecule has 2 heteroatoms. The van der Waals surface area contributed by atoms with Crippen molar-refractivity contribution in [2.24, 2.45) is 11.3 Å². The van der Waals surface area contributed by atoms with Crippen LogP contribution in [0.3, 0.4) is 0 Å². The van der Waals surface area contributed by atoms with Gasteiger partial charge in [-0.3, -0.25) is 4.79 Å². The van der Waals surface area contributed by atoms with Crippen LogP contribution in [0.2, 0.25) is 0 Å². The molecular formula is C23H24O2. The second kappa shape index (κ2) is 6.51. The van der Waals surface area contributed by atoms with Gasteiger partial charge >= 0.3 is 5.97 Å². The Morgan fingerprint density at radius 2 is 1.64 bits per heavy atom. The van der Waals surface area contributed by atoms with E-state index in [2.05, 4.69) is 67.2 Å². The summed E-state index contributed by atoms with van der Waals surface area (Å²) in [5.74, 6) is 0.621. The highest BCUT2D eigenvalue weighted by Gasteiger charge is 2.55. The van der Waals surface area contributed by atoms with Crippen molar-refractivity contribution in [2.75, 3.05) is 6.61 Å². The molecule has 25 heavy (non-hydrogen) atoms. The van der Waals surface area contributed by atoms with Gasteiger partial charge in [-0.05, 0) is 36.8 Å². The van der Waals surface area contributed by atoms with Crippen molar-refractivity contribution in [3.8, 4) is 0 Å². The number of hydrogen-bond acceptors (Lipinski definition) is 2. The molecule has 128 valence electrons. The number of rotatable bonds is 5. The molecular weight excluding hydrogens is 308 g/mol. The van der Waals surface area contributed by atoms with Gasteiger partial charge in [0, 0.05) is 11.8 Å². The predicted molar refractivity (Wildman–Crippen MR) is 99.2 cm³/mol. The molecule has 1 aliphatic carbocycles. The van der Waals surface area contributed by atoms with Crippen molar-refractivity contribution >= 4 is 5.97 Å². The normalized spacial score (nSPS) is 25.2. The second-order valence-electron chi connectivity index (χ2n) is 7.50. The molecule has 0 spiro atoms. The van der Waals surface area contributed by atoms with E-state index in [1.807, 2.05) is 0 Å². The maximum atomic E-state index is 12.5. The average Bonchev–Trinajstić information content (AvgIpc) is 3.12. The first-order valence-electron chi connectivity index (χ1n) is 9.13. The molecule has 2 aromatic carbocycles. The topological polar surface area (TPSA) is 26.3 Å². The predicted octanol–water partition coefficient (Wildman–Crippen LogP) is 5.11. The molecule has 0 bridgehead atoms. The van der Waals surface area contributed by atoms with Crippen LogP contribution in [0.1, 0.15) is 42.7 Å². The number of ether oxygens (including phenoxy) is 1. The third-order valence-electron chi connectivity index (χ3n) is 5.99. The summed E-state index contributed by atoms with van der Waals surface area (Å²) in [6, 6.07) is 21.2. The Hall–Kier alpha value is -2.35. The summed E-state index contributed by atoms with van der Waals surface area (Å²) in [5.41, 5.74) is 3.49. The first-order chi connectivity index (χ1) is 12.2. The quantitative estimate of drug-likeness (QED) is 0.562. The van der Waals surface area contributed by atoms with Crippen LogP contribution in [0.25, 0.3) is 0 Å². The largest absolute Gasteiger partial charge is 0.465 e. The smallest absolute Gasteiger partial charge is 0.312 e. The summed E-state index contributed by atoms with van der Waals surface area (Å²) in [5, 5.41) is 0. The highest BCUT2D eigenvalue weighted by atomic mass is 16.5. The maximum Gasteiger partial charge on any atom is 0.312 e. The number of hydrogen-bond donors (Lipinski definition) is 0. The first-order valence-corrected chi connectivity index (χ1v) is 9.13. The van der Waals surface area contributed by atoms with Crippen molar-refractivity contribution in [2.45, 2.75) is 31.6 Å². The Morgan fingerprint density at radius 3 is 2.24 bits per heavy atom. The first kappa shape index (κ1) is 16.1. The Kier molecular flexibility index (Phi) is 4.20. The van der Waals surface area contributed by atoms with Crippen LogP contribution in [-0.4, -0.2) is 12.6 Å². The van der Waals surface area contributed by atoms with E-state index in [9.17, 15) is 4.79 Å². The Balaban J connectivity index is 1.61. The van der Waals surface area contributed by atoms with Crippen LogP contribution in [0.4, 0.5) is 0 Å². The molecule has 1 aliphatic heterocycles. The van der Waals surface area contributed by atoms with Crippen molar-refractivity contribution in [3.63, 3.8) is 0 Å². The molecule has 0 amide bonds. The molecule has 1 saturated heterocycles. The molecule has 0 aromatic heterocycles. The van der Waals surface area contributed by atoms with E-state index in [-0.39, 0.29) is 11.4 Å². The molecule has 2 aliphatic rings. The fraction of sp³-hybridized carbons (Fsp3) is 0.348. The van der Waals surface area contributed by atoms with E-state index in [1.54, 1.807) is 0 Å². The fourth-order valence-electron chi connectivity index (χ4n) is 4.68. The van der Waals surface area contributed by atoms with Crippen LogP contribution in [0.15, 0.2) is 72.8 Å². The van der Waals surface area contributed by atoms with E-state index < -0.39 is 0 Å². The van der Waals surface area contributed by atoms with Gasteiger partial charge in [-0.1, -0.05) is 72.8 Å². The van der Waals surface area contributed by atoms with Crippen molar-refractivity contribution in [3.05, 3.63) is 83.9 Å². The minimum absolute atomic E-state index is 0.00368. The minimum atomic E-state index is -0.334. The number of fused-ring (bicyclic) bond motifs is 1. The van der Waals surface area contributed by atoms with Gasteiger partial charge in [0.2, 0.25) is 0 Å². The van der Waals surface area contributed by atoms with Crippen LogP contribution in [0.5, 0.6) is 0 Å². The molecule has 2 atom stereocenters. The Morgan fingerprint density at radius 1 is 1.04 bits per heavy atom. The summed E-state index contributed by atoms with van der Waals surface area (Å²) in [6.45, 7) is 4.72. The zero-order valence-corrected chi connectivity index (χ0v) is 14.5.